The molecule has 132 valence electrons. The third-order valence-corrected chi connectivity index (χ3v) is 5.74. The smallest absolute Gasteiger partial charge is 0.359 e. The van der Waals surface area contributed by atoms with Crippen molar-refractivity contribution in [2.45, 2.75) is 39.2 Å². The standard InChI is InChI=1S/C16H19Cl3N2O3/c1-8-4-3-5-11(9(8)2)21-12(22)7-24-16(23)15-14(19)13(18)10(17)6-20-15/h6,8-9,11H,3-5,7H2,1-2H3,(H,21,22)/t8-,9+,11-/m0/s1. The zero-order chi connectivity index (χ0) is 17.9. The largest absolute Gasteiger partial charge is 0.451 e. The third kappa shape index (κ3) is 4.52. The van der Waals surface area contributed by atoms with Crippen molar-refractivity contribution >= 4 is 46.7 Å². The predicted octanol–water partition coefficient (Wildman–Crippen LogP) is 4.14. The van der Waals surface area contributed by atoms with Crippen molar-refractivity contribution in [3.05, 3.63) is 27.0 Å². The highest BCUT2D eigenvalue weighted by Gasteiger charge is 2.28. The van der Waals surface area contributed by atoms with Gasteiger partial charge in [0.05, 0.1) is 15.1 Å². The summed E-state index contributed by atoms with van der Waals surface area (Å²) in [6.07, 6.45) is 4.39. The van der Waals surface area contributed by atoms with Gasteiger partial charge in [0.2, 0.25) is 0 Å². The maximum Gasteiger partial charge on any atom is 0.359 e. The van der Waals surface area contributed by atoms with Gasteiger partial charge in [-0.2, -0.15) is 0 Å². The molecule has 0 aromatic carbocycles. The van der Waals surface area contributed by atoms with E-state index in [1.165, 1.54) is 12.6 Å². The van der Waals surface area contributed by atoms with Gasteiger partial charge in [-0.25, -0.2) is 9.78 Å². The van der Waals surface area contributed by atoms with Crippen LogP contribution in [0.2, 0.25) is 15.1 Å². The van der Waals surface area contributed by atoms with E-state index in [4.69, 9.17) is 39.5 Å². The number of hydrogen-bond acceptors (Lipinski definition) is 4. The minimum atomic E-state index is -0.821. The molecule has 24 heavy (non-hydrogen) atoms. The molecule has 1 aromatic heterocycles. The number of rotatable bonds is 4. The number of hydrogen-bond donors (Lipinski definition) is 1. The quantitative estimate of drug-likeness (QED) is 0.781. The maximum absolute atomic E-state index is 12.0. The molecule has 1 fully saturated rings. The monoisotopic (exact) mass is 392 g/mol. The summed E-state index contributed by atoms with van der Waals surface area (Å²) in [6.45, 7) is 3.91. The Balaban J connectivity index is 1.90. The molecular formula is C16H19Cl3N2O3. The Morgan fingerprint density at radius 3 is 2.67 bits per heavy atom. The molecule has 3 atom stereocenters. The summed E-state index contributed by atoms with van der Waals surface area (Å²) >= 11 is 17.5. The first-order valence-corrected chi connectivity index (χ1v) is 8.90. The van der Waals surface area contributed by atoms with Crippen LogP contribution in [0.1, 0.15) is 43.6 Å². The number of carbonyl (C=O) groups excluding carboxylic acids is 2. The van der Waals surface area contributed by atoms with Gasteiger partial charge in [-0.05, 0) is 18.3 Å². The molecule has 0 spiro atoms. The topological polar surface area (TPSA) is 68.3 Å². The van der Waals surface area contributed by atoms with Crippen molar-refractivity contribution < 1.29 is 14.3 Å². The maximum atomic E-state index is 12.0. The number of ether oxygens (including phenoxy) is 1. The van der Waals surface area contributed by atoms with Gasteiger partial charge in [0, 0.05) is 12.2 Å². The van der Waals surface area contributed by atoms with Gasteiger partial charge in [-0.1, -0.05) is 61.5 Å². The zero-order valence-electron chi connectivity index (χ0n) is 13.4. The molecule has 1 saturated carbocycles. The normalized spacial score (nSPS) is 23.6. The minimum absolute atomic E-state index is 0.0229. The third-order valence-electron chi connectivity index (χ3n) is 4.50. The highest BCUT2D eigenvalue weighted by Crippen LogP contribution is 2.31. The van der Waals surface area contributed by atoms with E-state index in [-0.39, 0.29) is 32.7 Å². The Bertz CT molecular complexity index is 639. The lowest BCUT2D eigenvalue weighted by atomic mass is 9.78. The van der Waals surface area contributed by atoms with Crippen molar-refractivity contribution in [1.29, 1.82) is 0 Å². The fraction of sp³-hybridized carbons (Fsp3) is 0.562. The summed E-state index contributed by atoms with van der Waals surface area (Å²) in [6, 6.07) is 0.103. The summed E-state index contributed by atoms with van der Waals surface area (Å²) in [5.74, 6) is -0.209. The molecular weight excluding hydrogens is 375 g/mol. The van der Waals surface area contributed by atoms with Crippen LogP contribution in [-0.2, 0) is 9.53 Å². The Hall–Kier alpha value is -1.04. The molecule has 0 saturated heterocycles. The Morgan fingerprint density at radius 1 is 1.25 bits per heavy atom. The van der Waals surface area contributed by atoms with Crippen LogP contribution in [0.4, 0.5) is 0 Å². The van der Waals surface area contributed by atoms with Gasteiger partial charge in [-0.3, -0.25) is 4.79 Å². The molecule has 0 aliphatic heterocycles. The number of nitrogens with zero attached hydrogens (tertiary/aromatic N) is 1. The molecule has 2 rings (SSSR count). The van der Waals surface area contributed by atoms with Crippen LogP contribution in [0, 0.1) is 11.8 Å². The van der Waals surface area contributed by atoms with Gasteiger partial charge < -0.3 is 10.1 Å². The second-order valence-electron chi connectivity index (χ2n) is 6.10. The summed E-state index contributed by atoms with van der Waals surface area (Å²) < 4.78 is 4.97. The number of halogens is 3. The fourth-order valence-electron chi connectivity index (χ4n) is 2.82. The van der Waals surface area contributed by atoms with Crippen molar-refractivity contribution in [3.63, 3.8) is 0 Å². The van der Waals surface area contributed by atoms with E-state index in [0.29, 0.717) is 11.8 Å². The van der Waals surface area contributed by atoms with E-state index in [2.05, 4.69) is 24.1 Å². The van der Waals surface area contributed by atoms with Crippen LogP contribution in [0.25, 0.3) is 0 Å². The highest BCUT2D eigenvalue weighted by molar-refractivity contribution is 6.48. The molecule has 1 N–H and O–H groups in total. The number of carbonyl (C=O) groups is 2. The van der Waals surface area contributed by atoms with Gasteiger partial charge in [0.25, 0.3) is 5.91 Å². The van der Waals surface area contributed by atoms with Crippen LogP contribution in [-0.4, -0.2) is 29.5 Å². The Morgan fingerprint density at radius 2 is 1.96 bits per heavy atom. The van der Waals surface area contributed by atoms with E-state index < -0.39 is 12.6 Å². The van der Waals surface area contributed by atoms with Gasteiger partial charge in [0.1, 0.15) is 0 Å². The molecule has 0 bridgehead atoms. The van der Waals surface area contributed by atoms with Crippen molar-refractivity contribution in [2.75, 3.05) is 6.61 Å². The minimum Gasteiger partial charge on any atom is -0.451 e. The predicted molar refractivity (Wildman–Crippen MR) is 93.7 cm³/mol. The van der Waals surface area contributed by atoms with Gasteiger partial charge in [0.15, 0.2) is 12.3 Å². The van der Waals surface area contributed by atoms with E-state index in [0.717, 1.165) is 12.8 Å². The van der Waals surface area contributed by atoms with Gasteiger partial charge in [-0.15, -0.1) is 0 Å². The molecule has 1 heterocycles. The first-order valence-electron chi connectivity index (χ1n) is 7.77. The number of aromatic nitrogens is 1. The van der Waals surface area contributed by atoms with Crippen LogP contribution >= 0.6 is 34.8 Å². The molecule has 1 aromatic rings. The first-order chi connectivity index (χ1) is 11.3. The SMILES string of the molecule is C[C@H]1[C@@H](NC(=O)COC(=O)c2ncc(Cl)c(Cl)c2Cl)CCC[C@@H]1C. The zero-order valence-corrected chi connectivity index (χ0v) is 15.7. The van der Waals surface area contributed by atoms with E-state index in [1.807, 2.05) is 0 Å². The molecule has 5 nitrogen and oxygen atoms in total. The van der Waals surface area contributed by atoms with Crippen molar-refractivity contribution in [1.82, 2.24) is 10.3 Å². The van der Waals surface area contributed by atoms with E-state index in [9.17, 15) is 9.59 Å². The Labute approximate surface area is 156 Å². The summed E-state index contributed by atoms with van der Waals surface area (Å²) in [7, 11) is 0. The average Bonchev–Trinajstić information content (AvgIpc) is 2.55. The van der Waals surface area contributed by atoms with E-state index >= 15 is 0 Å². The first kappa shape index (κ1) is 19.3. The highest BCUT2D eigenvalue weighted by atomic mass is 35.5. The number of nitrogens with one attached hydrogen (secondary N) is 1. The van der Waals surface area contributed by atoms with Crippen LogP contribution in [0.15, 0.2) is 6.20 Å². The average molecular weight is 394 g/mol. The number of amides is 1. The lowest BCUT2D eigenvalue weighted by molar-refractivity contribution is -0.125. The van der Waals surface area contributed by atoms with Crippen LogP contribution < -0.4 is 5.32 Å². The second kappa shape index (κ2) is 8.37. The molecule has 1 amide bonds. The number of pyridine rings is 1. The molecule has 8 heteroatoms. The summed E-state index contributed by atoms with van der Waals surface area (Å²) in [5.41, 5.74) is -0.168. The summed E-state index contributed by atoms with van der Waals surface area (Å²) in [4.78, 5) is 27.8. The van der Waals surface area contributed by atoms with Gasteiger partial charge >= 0.3 is 5.97 Å². The lowest BCUT2D eigenvalue weighted by Gasteiger charge is -2.34. The van der Waals surface area contributed by atoms with Crippen molar-refractivity contribution in [2.24, 2.45) is 11.8 Å². The molecule has 1 aliphatic carbocycles. The molecule has 0 unspecified atom stereocenters. The lowest BCUT2D eigenvalue weighted by Crippen LogP contribution is -2.45. The molecule has 1 aliphatic rings. The van der Waals surface area contributed by atoms with Crippen LogP contribution in [0.3, 0.4) is 0 Å². The molecule has 0 radical (unpaired) electrons. The summed E-state index contributed by atoms with van der Waals surface area (Å²) in [5, 5.41) is 2.99. The van der Waals surface area contributed by atoms with E-state index in [1.54, 1.807) is 0 Å². The van der Waals surface area contributed by atoms with Crippen molar-refractivity contribution in [3.8, 4) is 0 Å². The Kier molecular flexibility index (Phi) is 6.72. The fourth-order valence-corrected chi connectivity index (χ4v) is 3.38. The second-order valence-corrected chi connectivity index (χ2v) is 7.26. The number of esters is 1. The van der Waals surface area contributed by atoms with Crippen LogP contribution in [0.5, 0.6) is 0 Å².